The van der Waals surface area contributed by atoms with Crippen molar-refractivity contribution in [1.82, 2.24) is 10.6 Å². The van der Waals surface area contributed by atoms with Gasteiger partial charge in [0.1, 0.15) is 5.75 Å². The van der Waals surface area contributed by atoms with Crippen molar-refractivity contribution in [2.75, 3.05) is 12.9 Å². The van der Waals surface area contributed by atoms with Crippen molar-refractivity contribution in [3.05, 3.63) is 51.7 Å². The summed E-state index contributed by atoms with van der Waals surface area (Å²) in [5.74, 6) is 0.393. The number of ether oxygens (including phenoxy) is 1. The second-order valence-corrected chi connectivity index (χ2v) is 11.1. The van der Waals surface area contributed by atoms with Crippen LogP contribution in [0.2, 0.25) is 0 Å². The molecule has 1 atom stereocenters. The topological polar surface area (TPSA) is 91.2 Å². The van der Waals surface area contributed by atoms with E-state index in [-0.39, 0.29) is 28.4 Å². The fourth-order valence-electron chi connectivity index (χ4n) is 4.21. The number of thioether (sulfide) groups is 1. The van der Waals surface area contributed by atoms with Crippen LogP contribution in [0.3, 0.4) is 0 Å². The van der Waals surface area contributed by atoms with Gasteiger partial charge in [-0.05, 0) is 50.3 Å². The Labute approximate surface area is 194 Å². The SMILES string of the molecule is COc1ccc([C@@H]2C(C#N)=C(SCC(=O)NC(C)(C)C)NC3=C2C(=O)CC(C)(C)C3)cc1. The molecule has 170 valence electrons. The molecule has 0 spiro atoms. The molecule has 1 aliphatic carbocycles. The van der Waals surface area contributed by atoms with Crippen LogP contribution in [0, 0.1) is 16.7 Å². The highest BCUT2D eigenvalue weighted by Crippen LogP contribution is 2.47. The van der Waals surface area contributed by atoms with E-state index in [2.05, 4.69) is 30.6 Å². The fraction of sp³-hybridized carbons (Fsp3) is 0.480. The molecule has 2 aliphatic rings. The zero-order chi connectivity index (χ0) is 23.7. The molecule has 0 radical (unpaired) electrons. The van der Waals surface area contributed by atoms with Gasteiger partial charge in [0.25, 0.3) is 0 Å². The Balaban J connectivity index is 2.02. The number of nitrogens with one attached hydrogen (secondary N) is 2. The highest BCUT2D eigenvalue weighted by Gasteiger charge is 2.42. The number of benzene rings is 1. The number of allylic oxidation sites excluding steroid dienone is 3. The maximum absolute atomic E-state index is 13.2. The van der Waals surface area contributed by atoms with Gasteiger partial charge in [-0.1, -0.05) is 37.7 Å². The van der Waals surface area contributed by atoms with E-state index in [0.29, 0.717) is 34.8 Å². The number of hydrogen-bond donors (Lipinski definition) is 2. The number of nitrogens with zero attached hydrogens (tertiary/aromatic N) is 1. The van der Waals surface area contributed by atoms with Crippen LogP contribution in [-0.4, -0.2) is 30.1 Å². The Morgan fingerprint density at radius 1 is 1.28 bits per heavy atom. The lowest BCUT2D eigenvalue weighted by Crippen LogP contribution is -2.42. The number of carbonyl (C=O) groups excluding carboxylic acids is 2. The van der Waals surface area contributed by atoms with Gasteiger partial charge in [0.05, 0.1) is 35.5 Å². The molecule has 0 fully saturated rings. The van der Waals surface area contributed by atoms with E-state index >= 15 is 0 Å². The third-order valence-electron chi connectivity index (χ3n) is 5.44. The predicted molar refractivity (Wildman–Crippen MR) is 127 cm³/mol. The van der Waals surface area contributed by atoms with Crippen LogP contribution in [0.4, 0.5) is 0 Å². The molecule has 1 aromatic carbocycles. The van der Waals surface area contributed by atoms with Crippen molar-refractivity contribution in [3.8, 4) is 11.8 Å². The van der Waals surface area contributed by atoms with Crippen LogP contribution in [0.5, 0.6) is 5.75 Å². The van der Waals surface area contributed by atoms with Crippen LogP contribution < -0.4 is 15.4 Å². The number of hydrogen-bond acceptors (Lipinski definition) is 6. The smallest absolute Gasteiger partial charge is 0.230 e. The molecule has 1 aromatic rings. The molecular weight excluding hydrogens is 422 g/mol. The molecular formula is C25H31N3O3S. The third kappa shape index (κ3) is 5.36. The summed E-state index contributed by atoms with van der Waals surface area (Å²) in [6.45, 7) is 9.94. The standard InChI is InChI=1S/C25H31N3O3S/c1-24(2,3)28-20(30)14-32-23-17(13-26)21(15-7-9-16(31-6)10-8-15)22-18(27-23)11-25(4,5)12-19(22)29/h7-10,21,27H,11-12,14H2,1-6H3,(H,28,30)/t21-/m1/s1. The first-order chi connectivity index (χ1) is 14.9. The highest BCUT2D eigenvalue weighted by atomic mass is 32.2. The van der Waals surface area contributed by atoms with E-state index in [4.69, 9.17) is 4.74 Å². The number of dihydropyridines is 1. The third-order valence-corrected chi connectivity index (χ3v) is 6.46. The van der Waals surface area contributed by atoms with Crippen LogP contribution in [0.15, 0.2) is 46.1 Å². The molecule has 1 amide bonds. The van der Waals surface area contributed by atoms with Gasteiger partial charge in [-0.2, -0.15) is 5.26 Å². The van der Waals surface area contributed by atoms with Crippen LogP contribution >= 0.6 is 11.8 Å². The second-order valence-electron chi connectivity index (χ2n) is 10.1. The summed E-state index contributed by atoms with van der Waals surface area (Å²) in [5, 5.41) is 17.1. The first-order valence-electron chi connectivity index (χ1n) is 10.7. The zero-order valence-electron chi connectivity index (χ0n) is 19.6. The number of nitriles is 1. The van der Waals surface area contributed by atoms with Crippen molar-refractivity contribution >= 4 is 23.5 Å². The van der Waals surface area contributed by atoms with Gasteiger partial charge >= 0.3 is 0 Å². The second kappa shape index (κ2) is 9.03. The van der Waals surface area contributed by atoms with Crippen molar-refractivity contribution in [2.24, 2.45) is 5.41 Å². The normalized spacial score (nSPS) is 20.3. The quantitative estimate of drug-likeness (QED) is 0.686. The first-order valence-corrected chi connectivity index (χ1v) is 11.7. The maximum Gasteiger partial charge on any atom is 0.230 e. The lowest BCUT2D eigenvalue weighted by Gasteiger charge is -2.39. The molecule has 7 heteroatoms. The first kappa shape index (κ1) is 23.9. The highest BCUT2D eigenvalue weighted by molar-refractivity contribution is 8.03. The molecule has 0 saturated heterocycles. The minimum absolute atomic E-state index is 0.0619. The Morgan fingerprint density at radius 2 is 1.94 bits per heavy atom. The predicted octanol–water partition coefficient (Wildman–Crippen LogP) is 4.41. The summed E-state index contributed by atoms with van der Waals surface area (Å²) in [6.07, 6.45) is 1.15. The summed E-state index contributed by atoms with van der Waals surface area (Å²) in [5.41, 5.74) is 2.35. The van der Waals surface area contributed by atoms with E-state index in [0.717, 1.165) is 11.3 Å². The van der Waals surface area contributed by atoms with Gasteiger partial charge < -0.3 is 15.4 Å². The van der Waals surface area contributed by atoms with Crippen LogP contribution in [0.1, 0.15) is 58.9 Å². The Bertz CT molecular complexity index is 1020. The van der Waals surface area contributed by atoms with Gasteiger partial charge in [0, 0.05) is 23.2 Å². The molecule has 2 N–H and O–H groups in total. The maximum atomic E-state index is 13.2. The largest absolute Gasteiger partial charge is 0.497 e. The van der Waals surface area contributed by atoms with E-state index in [1.165, 1.54) is 11.8 Å². The Kier molecular flexibility index (Phi) is 6.75. The number of carbonyl (C=O) groups is 2. The molecule has 1 heterocycles. The summed E-state index contributed by atoms with van der Waals surface area (Å²) >= 11 is 1.31. The Hall–Kier alpha value is -2.72. The zero-order valence-corrected chi connectivity index (χ0v) is 20.4. The van der Waals surface area contributed by atoms with Gasteiger partial charge in [0.15, 0.2) is 5.78 Å². The minimum Gasteiger partial charge on any atom is -0.497 e. The van der Waals surface area contributed by atoms with Crippen molar-refractivity contribution < 1.29 is 14.3 Å². The average molecular weight is 454 g/mol. The lowest BCUT2D eigenvalue weighted by molar-refractivity contribution is -0.120. The Morgan fingerprint density at radius 3 is 2.50 bits per heavy atom. The number of ketones is 1. The molecule has 0 unspecified atom stereocenters. The summed E-state index contributed by atoms with van der Waals surface area (Å²) in [4.78, 5) is 25.6. The van der Waals surface area contributed by atoms with Crippen LogP contribution in [-0.2, 0) is 9.59 Å². The lowest BCUT2D eigenvalue weighted by atomic mass is 9.69. The number of rotatable bonds is 5. The molecule has 32 heavy (non-hydrogen) atoms. The number of methoxy groups -OCH3 is 1. The van der Waals surface area contributed by atoms with Gasteiger partial charge in [-0.15, -0.1) is 0 Å². The monoisotopic (exact) mass is 453 g/mol. The molecule has 0 saturated carbocycles. The summed E-state index contributed by atoms with van der Waals surface area (Å²) in [6, 6.07) is 9.81. The molecule has 3 rings (SSSR count). The van der Waals surface area contributed by atoms with Crippen molar-refractivity contribution in [1.29, 1.82) is 5.26 Å². The summed E-state index contributed by atoms with van der Waals surface area (Å²) in [7, 11) is 1.60. The fourth-order valence-corrected chi connectivity index (χ4v) is 5.07. The number of Topliss-reactive ketones (excluding diaryl/α,β-unsaturated/α-hetero) is 1. The van der Waals surface area contributed by atoms with Gasteiger partial charge in [0.2, 0.25) is 5.91 Å². The van der Waals surface area contributed by atoms with E-state index in [9.17, 15) is 14.9 Å². The van der Waals surface area contributed by atoms with Crippen LogP contribution in [0.25, 0.3) is 0 Å². The van der Waals surface area contributed by atoms with Gasteiger partial charge in [-0.25, -0.2) is 0 Å². The average Bonchev–Trinajstić information content (AvgIpc) is 2.69. The number of amides is 1. The van der Waals surface area contributed by atoms with E-state index in [1.807, 2.05) is 45.0 Å². The minimum atomic E-state index is -0.459. The molecule has 0 aromatic heterocycles. The summed E-state index contributed by atoms with van der Waals surface area (Å²) < 4.78 is 5.27. The van der Waals surface area contributed by atoms with Crippen molar-refractivity contribution in [3.63, 3.8) is 0 Å². The molecule has 6 nitrogen and oxygen atoms in total. The van der Waals surface area contributed by atoms with Gasteiger partial charge in [-0.3, -0.25) is 9.59 Å². The van der Waals surface area contributed by atoms with E-state index < -0.39 is 5.92 Å². The van der Waals surface area contributed by atoms with Crippen molar-refractivity contribution in [2.45, 2.75) is 58.9 Å². The molecule has 1 aliphatic heterocycles. The molecule has 0 bridgehead atoms. The van der Waals surface area contributed by atoms with E-state index in [1.54, 1.807) is 7.11 Å².